The van der Waals surface area contributed by atoms with Gasteiger partial charge in [0.1, 0.15) is 0 Å². The van der Waals surface area contributed by atoms with Gasteiger partial charge in [-0.2, -0.15) is 4.31 Å². The molecule has 1 atom stereocenters. The average molecular weight is 312 g/mol. The quantitative estimate of drug-likeness (QED) is 0.841. The van der Waals surface area contributed by atoms with Gasteiger partial charge in [-0.05, 0) is 24.8 Å². The maximum absolute atomic E-state index is 12.5. The van der Waals surface area contributed by atoms with Gasteiger partial charge in [-0.25, -0.2) is 8.42 Å². The number of sulfonamides is 1. The lowest BCUT2D eigenvalue weighted by Gasteiger charge is -2.33. The van der Waals surface area contributed by atoms with Gasteiger partial charge in [-0.15, -0.1) is 0 Å². The number of hydrogen-bond acceptors (Lipinski definition) is 3. The lowest BCUT2D eigenvalue weighted by atomic mass is 10.1. The summed E-state index contributed by atoms with van der Waals surface area (Å²) in [6, 6.07) is 9.33. The van der Waals surface area contributed by atoms with E-state index in [-0.39, 0.29) is 16.8 Å². The van der Waals surface area contributed by atoms with Crippen molar-refractivity contribution >= 4 is 27.2 Å². The van der Waals surface area contributed by atoms with E-state index in [0.29, 0.717) is 13.0 Å². The Morgan fingerprint density at radius 2 is 2.00 bits per heavy atom. The fraction of sp³-hybridized carbons (Fsp3) is 0.500. The van der Waals surface area contributed by atoms with Crippen LogP contribution < -0.4 is 5.73 Å². The number of rotatable bonds is 5. The Labute approximate surface area is 126 Å². The Morgan fingerprint density at radius 3 is 2.65 bits per heavy atom. The van der Waals surface area contributed by atoms with E-state index in [9.17, 15) is 8.42 Å². The predicted molar refractivity (Wildman–Crippen MR) is 85.1 cm³/mol. The molecule has 1 aromatic rings. The van der Waals surface area contributed by atoms with Gasteiger partial charge in [0.2, 0.25) is 10.0 Å². The van der Waals surface area contributed by atoms with E-state index in [0.717, 1.165) is 24.8 Å². The second-order valence-corrected chi connectivity index (χ2v) is 7.59. The highest BCUT2D eigenvalue weighted by Crippen LogP contribution is 2.21. The standard InChI is InChI=1S/C14H20N2O2S2/c15-14(19)13-8-4-5-10-16(13)20(17,18)11-9-12-6-2-1-3-7-12/h1-3,6-7,13H,4-5,8-11H2,(H2,15,19). The number of nitrogens with zero attached hydrogens (tertiary/aromatic N) is 1. The fourth-order valence-electron chi connectivity index (χ4n) is 2.53. The number of nitrogens with two attached hydrogens (primary N) is 1. The van der Waals surface area contributed by atoms with E-state index in [2.05, 4.69) is 0 Å². The van der Waals surface area contributed by atoms with Crippen molar-refractivity contribution in [3.8, 4) is 0 Å². The largest absolute Gasteiger partial charge is 0.392 e. The number of benzene rings is 1. The molecule has 1 fully saturated rings. The van der Waals surface area contributed by atoms with Crippen molar-refractivity contribution in [2.75, 3.05) is 12.3 Å². The molecule has 1 aromatic carbocycles. The Hall–Kier alpha value is -0.980. The molecule has 0 saturated carbocycles. The summed E-state index contributed by atoms with van der Waals surface area (Å²) in [5, 5.41) is 0. The Morgan fingerprint density at radius 1 is 1.30 bits per heavy atom. The topological polar surface area (TPSA) is 63.4 Å². The van der Waals surface area contributed by atoms with Crippen molar-refractivity contribution in [1.29, 1.82) is 0 Å². The number of piperidine rings is 1. The average Bonchev–Trinajstić information content (AvgIpc) is 2.46. The Balaban J connectivity index is 2.06. The predicted octanol–water partition coefficient (Wildman–Crippen LogP) is 1.70. The highest BCUT2D eigenvalue weighted by Gasteiger charge is 2.33. The molecule has 6 heteroatoms. The molecule has 1 aliphatic heterocycles. The number of aryl methyl sites for hydroxylation is 1. The van der Waals surface area contributed by atoms with Gasteiger partial charge in [-0.3, -0.25) is 0 Å². The third-order valence-electron chi connectivity index (χ3n) is 3.63. The van der Waals surface area contributed by atoms with Gasteiger partial charge in [0.15, 0.2) is 0 Å². The number of hydrogen-bond donors (Lipinski definition) is 1. The van der Waals surface area contributed by atoms with Crippen LogP contribution in [0.25, 0.3) is 0 Å². The molecule has 0 spiro atoms. The molecule has 1 saturated heterocycles. The molecule has 2 N–H and O–H groups in total. The minimum atomic E-state index is -3.31. The Bertz CT molecular complexity index is 558. The van der Waals surface area contributed by atoms with Crippen LogP contribution in [0, 0.1) is 0 Å². The van der Waals surface area contributed by atoms with Crippen LogP contribution in [0.2, 0.25) is 0 Å². The van der Waals surface area contributed by atoms with E-state index < -0.39 is 10.0 Å². The molecule has 1 heterocycles. The molecule has 0 aromatic heterocycles. The van der Waals surface area contributed by atoms with Crippen LogP contribution in [0.3, 0.4) is 0 Å². The normalized spacial score (nSPS) is 20.7. The zero-order chi connectivity index (χ0) is 14.6. The third kappa shape index (κ3) is 3.77. The summed E-state index contributed by atoms with van der Waals surface area (Å²) in [4.78, 5) is 0.285. The van der Waals surface area contributed by atoms with E-state index in [1.54, 1.807) is 0 Å². The van der Waals surface area contributed by atoms with Gasteiger partial charge in [0, 0.05) is 6.54 Å². The van der Waals surface area contributed by atoms with Crippen LogP contribution in [0.15, 0.2) is 30.3 Å². The Kier molecular flexibility index (Phi) is 5.12. The molecule has 1 aliphatic rings. The molecule has 110 valence electrons. The van der Waals surface area contributed by atoms with E-state index in [4.69, 9.17) is 18.0 Å². The highest BCUT2D eigenvalue weighted by atomic mass is 32.2. The maximum atomic E-state index is 12.5. The first-order valence-corrected chi connectivity index (χ1v) is 8.85. The molecular formula is C14H20N2O2S2. The fourth-order valence-corrected chi connectivity index (χ4v) is 4.58. The maximum Gasteiger partial charge on any atom is 0.215 e. The van der Waals surface area contributed by atoms with E-state index in [1.807, 2.05) is 30.3 Å². The van der Waals surface area contributed by atoms with E-state index in [1.165, 1.54) is 4.31 Å². The van der Waals surface area contributed by atoms with Crippen LogP contribution >= 0.6 is 12.2 Å². The minimum Gasteiger partial charge on any atom is -0.392 e. The van der Waals surface area contributed by atoms with Crippen LogP contribution in [-0.4, -0.2) is 36.1 Å². The number of thiocarbonyl (C=S) groups is 1. The van der Waals surface area contributed by atoms with Gasteiger partial charge in [0.05, 0.1) is 16.8 Å². The summed E-state index contributed by atoms with van der Waals surface area (Å²) >= 11 is 5.01. The highest BCUT2D eigenvalue weighted by molar-refractivity contribution is 7.89. The molecule has 0 aliphatic carbocycles. The van der Waals surface area contributed by atoms with Crippen LogP contribution in [0.4, 0.5) is 0 Å². The smallest absolute Gasteiger partial charge is 0.215 e. The van der Waals surface area contributed by atoms with Crippen molar-refractivity contribution in [2.24, 2.45) is 5.73 Å². The second kappa shape index (κ2) is 6.65. The molecule has 0 bridgehead atoms. The van der Waals surface area contributed by atoms with Gasteiger partial charge in [-0.1, -0.05) is 49.0 Å². The van der Waals surface area contributed by atoms with Gasteiger partial charge in [0.25, 0.3) is 0 Å². The molecule has 0 radical (unpaired) electrons. The van der Waals surface area contributed by atoms with Crippen LogP contribution in [-0.2, 0) is 16.4 Å². The van der Waals surface area contributed by atoms with Crippen LogP contribution in [0.1, 0.15) is 24.8 Å². The second-order valence-electron chi connectivity index (χ2n) is 5.08. The molecule has 2 rings (SSSR count). The lowest BCUT2D eigenvalue weighted by Crippen LogP contribution is -2.50. The SMILES string of the molecule is NC(=S)C1CCCCN1S(=O)(=O)CCc1ccccc1. The summed E-state index contributed by atoms with van der Waals surface area (Å²) in [5.41, 5.74) is 6.71. The van der Waals surface area contributed by atoms with Crippen molar-refractivity contribution in [1.82, 2.24) is 4.31 Å². The molecular weight excluding hydrogens is 292 g/mol. The molecule has 4 nitrogen and oxygen atoms in total. The van der Waals surface area contributed by atoms with Crippen molar-refractivity contribution < 1.29 is 8.42 Å². The first-order chi connectivity index (χ1) is 9.50. The van der Waals surface area contributed by atoms with Crippen LogP contribution in [0.5, 0.6) is 0 Å². The van der Waals surface area contributed by atoms with Gasteiger partial charge < -0.3 is 5.73 Å². The van der Waals surface area contributed by atoms with E-state index >= 15 is 0 Å². The minimum absolute atomic E-state index is 0.107. The summed E-state index contributed by atoms with van der Waals surface area (Å²) < 4.78 is 26.5. The first-order valence-electron chi connectivity index (χ1n) is 6.83. The summed E-state index contributed by atoms with van der Waals surface area (Å²) in [5.74, 6) is 0.107. The summed E-state index contributed by atoms with van der Waals surface area (Å²) in [6.45, 7) is 0.527. The zero-order valence-corrected chi connectivity index (χ0v) is 13.0. The van der Waals surface area contributed by atoms with Gasteiger partial charge >= 0.3 is 0 Å². The van der Waals surface area contributed by atoms with Crippen molar-refractivity contribution in [3.05, 3.63) is 35.9 Å². The first kappa shape index (κ1) is 15.4. The molecule has 1 unspecified atom stereocenters. The molecule has 0 amide bonds. The monoisotopic (exact) mass is 312 g/mol. The third-order valence-corrected chi connectivity index (χ3v) is 5.77. The summed E-state index contributed by atoms with van der Waals surface area (Å²) in [6.07, 6.45) is 3.11. The molecule has 20 heavy (non-hydrogen) atoms. The zero-order valence-electron chi connectivity index (χ0n) is 11.4. The summed E-state index contributed by atoms with van der Waals surface area (Å²) in [7, 11) is -3.31. The van der Waals surface area contributed by atoms with Crippen molar-refractivity contribution in [3.63, 3.8) is 0 Å². The van der Waals surface area contributed by atoms with Crippen molar-refractivity contribution in [2.45, 2.75) is 31.7 Å². The lowest BCUT2D eigenvalue weighted by molar-refractivity contribution is 0.306.